The number of rotatable bonds is 3. The molecule has 1 aromatic carbocycles. The first-order chi connectivity index (χ1) is 7.76. The first-order valence-corrected chi connectivity index (χ1v) is 5.19. The maximum absolute atomic E-state index is 9.21. The standard InChI is InChI=1S/C11H14N4O/c1-2-10-11(7-12)15(14-13-10)8-3-5-9(16)6-4-8/h3-6,16H,2,7,12H2,1H3. The quantitative estimate of drug-likeness (QED) is 0.805. The van der Waals surface area contributed by atoms with Crippen LogP contribution in [0.4, 0.5) is 0 Å². The van der Waals surface area contributed by atoms with Crippen LogP contribution in [0.2, 0.25) is 0 Å². The molecule has 0 radical (unpaired) electrons. The van der Waals surface area contributed by atoms with E-state index in [2.05, 4.69) is 10.3 Å². The molecule has 0 fully saturated rings. The van der Waals surface area contributed by atoms with Crippen LogP contribution < -0.4 is 5.73 Å². The number of nitrogens with two attached hydrogens (primary N) is 1. The molecule has 3 N–H and O–H groups in total. The van der Waals surface area contributed by atoms with Gasteiger partial charge in [0, 0.05) is 6.54 Å². The van der Waals surface area contributed by atoms with Crippen molar-refractivity contribution < 1.29 is 5.11 Å². The van der Waals surface area contributed by atoms with Gasteiger partial charge in [0.15, 0.2) is 0 Å². The van der Waals surface area contributed by atoms with E-state index in [0.29, 0.717) is 6.54 Å². The maximum Gasteiger partial charge on any atom is 0.115 e. The summed E-state index contributed by atoms with van der Waals surface area (Å²) >= 11 is 0. The number of aryl methyl sites for hydroxylation is 1. The van der Waals surface area contributed by atoms with Crippen molar-refractivity contribution in [1.29, 1.82) is 0 Å². The highest BCUT2D eigenvalue weighted by Gasteiger charge is 2.10. The lowest BCUT2D eigenvalue weighted by molar-refractivity contribution is 0.475. The van der Waals surface area contributed by atoms with Crippen LogP contribution in [0.15, 0.2) is 24.3 Å². The van der Waals surface area contributed by atoms with Crippen LogP contribution >= 0.6 is 0 Å². The highest BCUT2D eigenvalue weighted by Crippen LogP contribution is 2.16. The molecular formula is C11H14N4O. The van der Waals surface area contributed by atoms with Crippen LogP contribution in [-0.2, 0) is 13.0 Å². The fourth-order valence-corrected chi connectivity index (χ4v) is 1.61. The van der Waals surface area contributed by atoms with Crippen molar-refractivity contribution in [3.63, 3.8) is 0 Å². The van der Waals surface area contributed by atoms with E-state index in [9.17, 15) is 5.11 Å². The Labute approximate surface area is 93.5 Å². The van der Waals surface area contributed by atoms with Crippen molar-refractivity contribution >= 4 is 0 Å². The predicted molar refractivity (Wildman–Crippen MR) is 60.3 cm³/mol. The number of phenolic OH excluding ortho intramolecular Hbond substituents is 1. The molecule has 16 heavy (non-hydrogen) atoms. The van der Waals surface area contributed by atoms with Gasteiger partial charge in [-0.2, -0.15) is 0 Å². The topological polar surface area (TPSA) is 77.0 Å². The minimum atomic E-state index is 0.230. The second-order valence-corrected chi connectivity index (χ2v) is 3.47. The van der Waals surface area contributed by atoms with Crippen molar-refractivity contribution in [1.82, 2.24) is 15.0 Å². The summed E-state index contributed by atoms with van der Waals surface area (Å²) in [6, 6.07) is 6.79. The largest absolute Gasteiger partial charge is 0.508 e. The molecule has 0 saturated carbocycles. The lowest BCUT2D eigenvalue weighted by Crippen LogP contribution is -2.08. The fraction of sp³-hybridized carbons (Fsp3) is 0.273. The molecule has 0 bridgehead atoms. The monoisotopic (exact) mass is 218 g/mol. The molecule has 2 rings (SSSR count). The fourth-order valence-electron chi connectivity index (χ4n) is 1.61. The maximum atomic E-state index is 9.21. The molecule has 0 unspecified atom stereocenters. The van der Waals surface area contributed by atoms with Crippen molar-refractivity contribution in [3.05, 3.63) is 35.7 Å². The zero-order chi connectivity index (χ0) is 11.5. The van der Waals surface area contributed by atoms with Crippen molar-refractivity contribution in [2.24, 2.45) is 5.73 Å². The molecule has 5 nitrogen and oxygen atoms in total. The van der Waals surface area contributed by atoms with Gasteiger partial charge in [0.05, 0.1) is 17.1 Å². The van der Waals surface area contributed by atoms with Crippen LogP contribution in [0.25, 0.3) is 5.69 Å². The van der Waals surface area contributed by atoms with E-state index in [-0.39, 0.29) is 5.75 Å². The number of aromatic nitrogens is 3. The van der Waals surface area contributed by atoms with Crippen LogP contribution in [0, 0.1) is 0 Å². The zero-order valence-electron chi connectivity index (χ0n) is 9.09. The molecule has 0 aliphatic carbocycles. The van der Waals surface area contributed by atoms with Crippen LogP contribution in [0.5, 0.6) is 5.75 Å². The number of phenols is 1. The minimum Gasteiger partial charge on any atom is -0.508 e. The average Bonchev–Trinajstić information content (AvgIpc) is 2.72. The summed E-state index contributed by atoms with van der Waals surface area (Å²) in [5, 5.41) is 17.3. The third-order valence-electron chi connectivity index (χ3n) is 2.47. The molecule has 0 aliphatic rings. The Balaban J connectivity index is 2.47. The molecule has 1 aromatic heterocycles. The highest BCUT2D eigenvalue weighted by molar-refractivity contribution is 5.37. The van der Waals surface area contributed by atoms with Gasteiger partial charge in [-0.05, 0) is 30.7 Å². The Morgan fingerprint density at radius 1 is 1.31 bits per heavy atom. The number of hydrogen-bond acceptors (Lipinski definition) is 4. The smallest absolute Gasteiger partial charge is 0.115 e. The lowest BCUT2D eigenvalue weighted by atomic mass is 10.2. The van der Waals surface area contributed by atoms with E-state index < -0.39 is 0 Å². The Morgan fingerprint density at radius 2 is 2.00 bits per heavy atom. The van der Waals surface area contributed by atoms with Gasteiger partial charge in [-0.25, -0.2) is 4.68 Å². The molecule has 0 saturated heterocycles. The van der Waals surface area contributed by atoms with Gasteiger partial charge in [-0.15, -0.1) is 5.10 Å². The van der Waals surface area contributed by atoms with Gasteiger partial charge in [-0.3, -0.25) is 0 Å². The number of benzene rings is 1. The molecule has 2 aromatic rings. The Hall–Kier alpha value is -1.88. The Bertz CT molecular complexity index is 475. The number of hydrogen-bond donors (Lipinski definition) is 2. The molecule has 0 amide bonds. The second kappa shape index (κ2) is 4.32. The molecule has 1 heterocycles. The normalized spacial score (nSPS) is 10.6. The Morgan fingerprint density at radius 3 is 2.56 bits per heavy atom. The summed E-state index contributed by atoms with van der Waals surface area (Å²) in [5.41, 5.74) is 8.36. The predicted octanol–water partition coefficient (Wildman–Crippen LogP) is 0.994. The van der Waals surface area contributed by atoms with Gasteiger partial charge in [-0.1, -0.05) is 12.1 Å². The summed E-state index contributed by atoms with van der Waals surface area (Å²) in [5.74, 6) is 0.230. The number of aromatic hydroxyl groups is 1. The third-order valence-corrected chi connectivity index (χ3v) is 2.47. The van der Waals surface area contributed by atoms with Gasteiger partial charge >= 0.3 is 0 Å². The first kappa shape index (κ1) is 10.6. The third kappa shape index (κ3) is 1.77. The summed E-state index contributed by atoms with van der Waals surface area (Å²) in [6.07, 6.45) is 0.810. The summed E-state index contributed by atoms with van der Waals surface area (Å²) in [7, 11) is 0. The van der Waals surface area contributed by atoms with Gasteiger partial charge in [0.2, 0.25) is 0 Å². The summed E-state index contributed by atoms with van der Waals surface area (Å²) < 4.78 is 1.71. The van der Waals surface area contributed by atoms with E-state index in [0.717, 1.165) is 23.5 Å². The first-order valence-electron chi connectivity index (χ1n) is 5.19. The average molecular weight is 218 g/mol. The van der Waals surface area contributed by atoms with Crippen LogP contribution in [0.3, 0.4) is 0 Å². The minimum absolute atomic E-state index is 0.230. The number of nitrogens with zero attached hydrogens (tertiary/aromatic N) is 3. The SMILES string of the molecule is CCc1nnn(-c2ccc(O)cc2)c1CN. The van der Waals surface area contributed by atoms with Crippen molar-refractivity contribution in [3.8, 4) is 11.4 Å². The second-order valence-electron chi connectivity index (χ2n) is 3.47. The van der Waals surface area contributed by atoms with E-state index in [1.165, 1.54) is 0 Å². The Kier molecular flexibility index (Phi) is 2.87. The summed E-state index contributed by atoms with van der Waals surface area (Å²) in [4.78, 5) is 0. The molecule has 5 heteroatoms. The van der Waals surface area contributed by atoms with Crippen molar-refractivity contribution in [2.75, 3.05) is 0 Å². The molecule has 0 aliphatic heterocycles. The van der Waals surface area contributed by atoms with E-state index >= 15 is 0 Å². The molecular weight excluding hydrogens is 204 g/mol. The van der Waals surface area contributed by atoms with E-state index in [4.69, 9.17) is 5.73 Å². The van der Waals surface area contributed by atoms with Gasteiger partial charge in [0.1, 0.15) is 5.75 Å². The molecule has 0 spiro atoms. The van der Waals surface area contributed by atoms with Crippen molar-refractivity contribution in [2.45, 2.75) is 19.9 Å². The zero-order valence-corrected chi connectivity index (χ0v) is 9.09. The highest BCUT2D eigenvalue weighted by atomic mass is 16.3. The molecule has 84 valence electrons. The molecule has 0 atom stereocenters. The lowest BCUT2D eigenvalue weighted by Gasteiger charge is -2.05. The van der Waals surface area contributed by atoms with Crippen LogP contribution in [0.1, 0.15) is 18.3 Å². The van der Waals surface area contributed by atoms with E-state index in [1.54, 1.807) is 28.9 Å². The van der Waals surface area contributed by atoms with E-state index in [1.807, 2.05) is 6.92 Å². The van der Waals surface area contributed by atoms with Gasteiger partial charge < -0.3 is 10.8 Å². The van der Waals surface area contributed by atoms with Crippen LogP contribution in [-0.4, -0.2) is 20.1 Å². The summed E-state index contributed by atoms with van der Waals surface area (Å²) in [6.45, 7) is 2.42. The van der Waals surface area contributed by atoms with Gasteiger partial charge in [0.25, 0.3) is 0 Å².